The predicted molar refractivity (Wildman–Crippen MR) is 78.4 cm³/mol. The number of allylic oxidation sites excluding steroid dienone is 8. The summed E-state index contributed by atoms with van der Waals surface area (Å²) < 4.78 is 0. The van der Waals surface area contributed by atoms with Crippen molar-refractivity contribution in [3.8, 4) is 0 Å². The lowest BCUT2D eigenvalue weighted by Gasteiger charge is -2.17. The molecule has 0 aromatic heterocycles. The van der Waals surface area contributed by atoms with Gasteiger partial charge < -0.3 is 0 Å². The maximum Gasteiger partial charge on any atom is 0.143 e. The Morgan fingerprint density at radius 3 is 2.28 bits per heavy atom. The molecule has 0 atom stereocenters. The zero-order valence-electron chi connectivity index (χ0n) is 11.6. The number of carbonyl (C=O) groups is 1. The molecule has 1 aliphatic rings. The molecule has 0 bridgehead atoms. The smallest absolute Gasteiger partial charge is 0.143 e. The van der Waals surface area contributed by atoms with Crippen molar-refractivity contribution < 1.29 is 4.79 Å². The van der Waals surface area contributed by atoms with E-state index in [-0.39, 0.29) is 0 Å². The van der Waals surface area contributed by atoms with E-state index in [0.29, 0.717) is 0 Å². The van der Waals surface area contributed by atoms with Gasteiger partial charge in [-0.3, -0.25) is 4.79 Å². The van der Waals surface area contributed by atoms with E-state index in [1.54, 1.807) is 6.08 Å². The van der Waals surface area contributed by atoms with Gasteiger partial charge in [0.15, 0.2) is 0 Å². The molecule has 1 aliphatic carbocycles. The summed E-state index contributed by atoms with van der Waals surface area (Å²) in [5.41, 5.74) is 2.24. The molecule has 0 aromatic rings. The van der Waals surface area contributed by atoms with E-state index in [1.165, 1.54) is 37.7 Å². The summed E-state index contributed by atoms with van der Waals surface area (Å²) in [5, 5.41) is 0. The lowest BCUT2D eigenvalue weighted by Crippen LogP contribution is -2.02. The molecule has 0 radical (unpaired) electrons. The summed E-state index contributed by atoms with van der Waals surface area (Å²) in [6.45, 7) is 4.04. The van der Waals surface area contributed by atoms with Gasteiger partial charge in [0.25, 0.3) is 0 Å². The van der Waals surface area contributed by atoms with E-state index in [2.05, 4.69) is 25.2 Å². The van der Waals surface area contributed by atoms with Crippen LogP contribution < -0.4 is 0 Å². The molecule has 1 rings (SSSR count). The Morgan fingerprint density at radius 1 is 0.944 bits per heavy atom. The van der Waals surface area contributed by atoms with E-state index >= 15 is 0 Å². The molecule has 1 fully saturated rings. The Bertz CT molecular complexity index is 363. The summed E-state index contributed by atoms with van der Waals surface area (Å²) in [6.07, 6.45) is 19.9. The first-order valence-electron chi connectivity index (χ1n) is 6.87. The van der Waals surface area contributed by atoms with Gasteiger partial charge >= 0.3 is 0 Å². The van der Waals surface area contributed by atoms with Crippen molar-refractivity contribution in [2.75, 3.05) is 0 Å². The Kier molecular flexibility index (Phi) is 7.09. The minimum Gasteiger partial charge on any atom is -0.299 e. The average molecular weight is 244 g/mol. The SMILES string of the molecule is CC(C=CC=C(C)C=CC1CCCCC1)=CC=O. The van der Waals surface area contributed by atoms with Gasteiger partial charge in [-0.2, -0.15) is 0 Å². The molecule has 98 valence electrons. The number of hydrogen-bond donors (Lipinski definition) is 0. The van der Waals surface area contributed by atoms with Gasteiger partial charge in [0.05, 0.1) is 0 Å². The first kappa shape index (κ1) is 14.7. The lowest BCUT2D eigenvalue weighted by molar-refractivity contribution is -0.104. The van der Waals surface area contributed by atoms with E-state index < -0.39 is 0 Å². The highest BCUT2D eigenvalue weighted by atomic mass is 16.1. The summed E-state index contributed by atoms with van der Waals surface area (Å²) in [7, 11) is 0. The van der Waals surface area contributed by atoms with Crippen LogP contribution in [0.5, 0.6) is 0 Å². The van der Waals surface area contributed by atoms with Gasteiger partial charge in [-0.15, -0.1) is 0 Å². The maximum atomic E-state index is 10.3. The first-order chi connectivity index (χ1) is 8.72. The number of rotatable bonds is 5. The molecule has 0 amide bonds. The van der Waals surface area contributed by atoms with E-state index in [9.17, 15) is 4.79 Å². The second kappa shape index (κ2) is 8.68. The quantitative estimate of drug-likeness (QED) is 0.387. The Labute approximate surface area is 111 Å². The number of hydrogen-bond acceptors (Lipinski definition) is 1. The van der Waals surface area contributed by atoms with Gasteiger partial charge in [0.1, 0.15) is 6.29 Å². The highest BCUT2D eigenvalue weighted by molar-refractivity contribution is 5.66. The van der Waals surface area contributed by atoms with Crippen molar-refractivity contribution in [3.05, 3.63) is 47.6 Å². The molecule has 18 heavy (non-hydrogen) atoms. The van der Waals surface area contributed by atoms with Gasteiger partial charge in [0, 0.05) is 0 Å². The number of carbonyl (C=O) groups excluding carboxylic acids is 1. The van der Waals surface area contributed by atoms with Crippen molar-refractivity contribution in [2.24, 2.45) is 5.92 Å². The van der Waals surface area contributed by atoms with Crippen LogP contribution in [0.25, 0.3) is 0 Å². The molecule has 0 aliphatic heterocycles. The van der Waals surface area contributed by atoms with Crippen molar-refractivity contribution >= 4 is 6.29 Å². The summed E-state index contributed by atoms with van der Waals surface area (Å²) in [4.78, 5) is 10.3. The molecule has 0 unspecified atom stereocenters. The predicted octanol–water partition coefficient (Wildman–Crippen LogP) is 4.77. The average Bonchev–Trinajstić information content (AvgIpc) is 2.38. The minimum atomic E-state index is 0.780. The first-order valence-corrected chi connectivity index (χ1v) is 6.87. The van der Waals surface area contributed by atoms with Crippen molar-refractivity contribution in [1.82, 2.24) is 0 Å². The highest BCUT2D eigenvalue weighted by Gasteiger charge is 2.09. The van der Waals surface area contributed by atoms with Gasteiger partial charge in [-0.25, -0.2) is 0 Å². The topological polar surface area (TPSA) is 17.1 Å². The Morgan fingerprint density at radius 2 is 1.61 bits per heavy atom. The standard InChI is InChI=1S/C17H24O/c1-15(7-6-8-16(2)13-14-18)11-12-17-9-4-3-5-10-17/h6-8,11-14,17H,3-5,9-10H2,1-2H3. The molecular formula is C17H24O. The second-order valence-electron chi connectivity index (χ2n) is 5.07. The van der Waals surface area contributed by atoms with Crippen molar-refractivity contribution in [3.63, 3.8) is 0 Å². The Balaban J connectivity index is 2.43. The third-order valence-electron chi connectivity index (χ3n) is 3.33. The summed E-state index contributed by atoms with van der Waals surface area (Å²) in [5.74, 6) is 0.780. The fraction of sp³-hybridized carbons (Fsp3) is 0.471. The van der Waals surface area contributed by atoms with E-state index in [1.807, 2.05) is 19.1 Å². The van der Waals surface area contributed by atoms with Crippen molar-refractivity contribution in [2.45, 2.75) is 46.0 Å². The normalized spacial score (nSPS) is 19.9. The molecule has 1 heteroatoms. The van der Waals surface area contributed by atoms with Crippen LogP contribution in [0, 0.1) is 5.92 Å². The van der Waals surface area contributed by atoms with Crippen LogP contribution in [0.15, 0.2) is 47.6 Å². The third kappa shape index (κ3) is 6.39. The zero-order chi connectivity index (χ0) is 13.2. The fourth-order valence-corrected chi connectivity index (χ4v) is 2.18. The van der Waals surface area contributed by atoms with Crippen LogP contribution in [-0.4, -0.2) is 6.29 Å². The minimum absolute atomic E-state index is 0.780. The molecule has 0 spiro atoms. The Hall–Kier alpha value is -1.37. The molecule has 0 saturated heterocycles. The van der Waals surface area contributed by atoms with Gasteiger partial charge in [-0.1, -0.05) is 55.2 Å². The van der Waals surface area contributed by atoms with E-state index in [0.717, 1.165) is 17.8 Å². The molecule has 0 aromatic carbocycles. The number of aldehydes is 1. The highest BCUT2D eigenvalue weighted by Crippen LogP contribution is 2.24. The monoisotopic (exact) mass is 244 g/mol. The largest absolute Gasteiger partial charge is 0.299 e. The lowest BCUT2D eigenvalue weighted by atomic mass is 9.89. The fourth-order valence-electron chi connectivity index (χ4n) is 2.18. The summed E-state index contributed by atoms with van der Waals surface area (Å²) in [6, 6.07) is 0. The van der Waals surface area contributed by atoms with Crippen LogP contribution in [-0.2, 0) is 4.79 Å². The molecule has 0 N–H and O–H groups in total. The van der Waals surface area contributed by atoms with E-state index in [4.69, 9.17) is 0 Å². The van der Waals surface area contributed by atoms with Crippen LogP contribution in [0.2, 0.25) is 0 Å². The van der Waals surface area contributed by atoms with Gasteiger partial charge in [-0.05, 0) is 44.3 Å². The van der Waals surface area contributed by atoms with Crippen molar-refractivity contribution in [1.29, 1.82) is 0 Å². The third-order valence-corrected chi connectivity index (χ3v) is 3.33. The molecule has 0 heterocycles. The van der Waals surface area contributed by atoms with Crippen LogP contribution in [0.1, 0.15) is 46.0 Å². The van der Waals surface area contributed by atoms with Gasteiger partial charge in [0.2, 0.25) is 0 Å². The molecular weight excluding hydrogens is 220 g/mol. The van der Waals surface area contributed by atoms with Crippen LogP contribution in [0.3, 0.4) is 0 Å². The molecule has 1 saturated carbocycles. The maximum absolute atomic E-state index is 10.3. The molecule has 1 nitrogen and oxygen atoms in total. The van der Waals surface area contributed by atoms with Crippen LogP contribution in [0.4, 0.5) is 0 Å². The second-order valence-corrected chi connectivity index (χ2v) is 5.07. The van der Waals surface area contributed by atoms with Crippen LogP contribution >= 0.6 is 0 Å². The zero-order valence-corrected chi connectivity index (χ0v) is 11.6. The summed E-state index contributed by atoms with van der Waals surface area (Å²) >= 11 is 0.